The molecule has 0 spiro atoms. The Bertz CT molecular complexity index is 3770. The van der Waals surface area contributed by atoms with Gasteiger partial charge in [-0.1, -0.05) is 182 Å². The van der Waals surface area contributed by atoms with Crippen LogP contribution in [0, 0.1) is 0 Å². The molecule has 0 aliphatic heterocycles. The second-order valence-corrected chi connectivity index (χ2v) is 18.3. The molecule has 0 unspecified atom stereocenters. The molecule has 74 heavy (non-hydrogen) atoms. The van der Waals surface area contributed by atoms with Gasteiger partial charge in [-0.3, -0.25) is 8.80 Å². The summed E-state index contributed by atoms with van der Waals surface area (Å²) in [4.78, 5) is 15.0. The van der Waals surface area contributed by atoms with Gasteiger partial charge >= 0.3 is 0 Å². The zero-order valence-corrected chi connectivity index (χ0v) is 40.4. The van der Waals surface area contributed by atoms with E-state index in [1.807, 2.05) is 12.1 Å². The standard InChI is InChI=1S/C68H48N6/c1-5-19-53(20-6-1)67-65(69-63-31-13-15-45-71(63)67)55-23-17-29-61(47-55)73(57-25-9-3-10-26-57)59-41-37-51(38-42-59)49-33-35-50(36-34-49)52-39-43-60(44-40-52)74(58-27-11-4-12-28-58)62-30-18-24-56(48-62)66-68(54-21-7-2-8-22-54)72-46-16-14-32-64(72)70-66/h1-48H. The second-order valence-electron chi connectivity index (χ2n) is 18.3. The average Bonchev–Trinajstić information content (AvgIpc) is 4.07. The van der Waals surface area contributed by atoms with Crippen LogP contribution in [0.1, 0.15) is 0 Å². The van der Waals surface area contributed by atoms with Gasteiger partial charge in [0.1, 0.15) is 11.3 Å². The Labute approximate surface area is 430 Å². The van der Waals surface area contributed by atoms with E-state index in [0.29, 0.717) is 0 Å². The number of benzene rings is 9. The molecule has 9 aromatic carbocycles. The minimum atomic E-state index is 0.913. The first kappa shape index (κ1) is 43.9. The third-order valence-corrected chi connectivity index (χ3v) is 13.7. The van der Waals surface area contributed by atoms with Crippen molar-refractivity contribution in [1.29, 1.82) is 0 Å². The molecular formula is C68H48N6. The zero-order chi connectivity index (χ0) is 49.2. The van der Waals surface area contributed by atoms with E-state index in [4.69, 9.17) is 9.97 Å². The van der Waals surface area contributed by atoms with Crippen molar-refractivity contribution in [2.45, 2.75) is 0 Å². The molecule has 350 valence electrons. The molecule has 4 heterocycles. The highest BCUT2D eigenvalue weighted by Gasteiger charge is 2.21. The fraction of sp³-hybridized carbons (Fsp3) is 0. The molecule has 0 bridgehead atoms. The predicted octanol–water partition coefficient (Wildman–Crippen LogP) is 17.9. The molecule has 13 rings (SSSR count). The monoisotopic (exact) mass is 948 g/mol. The minimum absolute atomic E-state index is 0.913. The third-order valence-electron chi connectivity index (χ3n) is 13.7. The van der Waals surface area contributed by atoms with Crippen LogP contribution in [0.4, 0.5) is 34.1 Å². The van der Waals surface area contributed by atoms with Crippen molar-refractivity contribution in [2.24, 2.45) is 0 Å². The first-order valence-electron chi connectivity index (χ1n) is 25.0. The summed E-state index contributed by atoms with van der Waals surface area (Å²) in [6, 6.07) is 98.6. The summed E-state index contributed by atoms with van der Waals surface area (Å²) >= 11 is 0. The van der Waals surface area contributed by atoms with Crippen LogP contribution >= 0.6 is 0 Å². The maximum absolute atomic E-state index is 5.18. The summed E-state index contributed by atoms with van der Waals surface area (Å²) in [5.41, 5.74) is 21.2. The molecule has 6 heteroatoms. The quantitative estimate of drug-likeness (QED) is 0.122. The average molecular weight is 949 g/mol. The van der Waals surface area contributed by atoms with Gasteiger partial charge in [0, 0.05) is 68.8 Å². The molecule has 0 N–H and O–H groups in total. The van der Waals surface area contributed by atoms with Crippen molar-refractivity contribution in [3.8, 4) is 67.3 Å². The highest BCUT2D eigenvalue weighted by atomic mass is 15.1. The minimum Gasteiger partial charge on any atom is -0.310 e. The van der Waals surface area contributed by atoms with E-state index in [1.54, 1.807) is 0 Å². The number of hydrogen-bond acceptors (Lipinski definition) is 4. The maximum Gasteiger partial charge on any atom is 0.137 e. The van der Waals surface area contributed by atoms with Gasteiger partial charge in [-0.15, -0.1) is 0 Å². The molecule has 0 saturated heterocycles. The van der Waals surface area contributed by atoms with E-state index in [9.17, 15) is 0 Å². The lowest BCUT2D eigenvalue weighted by Crippen LogP contribution is -2.10. The number of para-hydroxylation sites is 2. The van der Waals surface area contributed by atoms with E-state index in [-0.39, 0.29) is 0 Å². The topological polar surface area (TPSA) is 41.1 Å². The number of imidazole rings is 2. The lowest BCUT2D eigenvalue weighted by Gasteiger charge is -2.26. The Balaban J connectivity index is 0.782. The van der Waals surface area contributed by atoms with Crippen molar-refractivity contribution in [3.63, 3.8) is 0 Å². The van der Waals surface area contributed by atoms with Crippen molar-refractivity contribution in [3.05, 3.63) is 291 Å². The zero-order valence-electron chi connectivity index (χ0n) is 40.4. The number of rotatable bonds is 12. The first-order chi connectivity index (χ1) is 36.7. The van der Waals surface area contributed by atoms with Gasteiger partial charge in [0.05, 0.1) is 22.8 Å². The van der Waals surface area contributed by atoms with Gasteiger partial charge in [0.25, 0.3) is 0 Å². The fourth-order valence-corrected chi connectivity index (χ4v) is 10.2. The maximum atomic E-state index is 5.18. The summed E-state index contributed by atoms with van der Waals surface area (Å²) < 4.78 is 4.36. The molecule has 0 aliphatic carbocycles. The van der Waals surface area contributed by atoms with E-state index in [0.717, 1.165) is 113 Å². The van der Waals surface area contributed by atoms with Crippen LogP contribution in [-0.4, -0.2) is 18.8 Å². The van der Waals surface area contributed by atoms with Crippen molar-refractivity contribution >= 4 is 45.4 Å². The number of pyridine rings is 2. The molecule has 13 aromatic rings. The number of anilines is 6. The van der Waals surface area contributed by atoms with Gasteiger partial charge in [-0.25, -0.2) is 9.97 Å². The lowest BCUT2D eigenvalue weighted by atomic mass is 9.99. The van der Waals surface area contributed by atoms with Crippen LogP contribution in [-0.2, 0) is 0 Å². The van der Waals surface area contributed by atoms with E-state index < -0.39 is 0 Å². The van der Waals surface area contributed by atoms with E-state index in [1.165, 1.54) is 0 Å². The highest BCUT2D eigenvalue weighted by molar-refractivity contribution is 5.88. The summed E-state index contributed by atoms with van der Waals surface area (Å²) in [6.07, 6.45) is 4.18. The van der Waals surface area contributed by atoms with E-state index >= 15 is 0 Å². The van der Waals surface area contributed by atoms with Crippen molar-refractivity contribution < 1.29 is 0 Å². The normalized spacial score (nSPS) is 11.2. The van der Waals surface area contributed by atoms with Gasteiger partial charge < -0.3 is 9.80 Å². The highest BCUT2D eigenvalue weighted by Crippen LogP contribution is 2.42. The van der Waals surface area contributed by atoms with Crippen molar-refractivity contribution in [1.82, 2.24) is 18.8 Å². The van der Waals surface area contributed by atoms with Gasteiger partial charge in [0.2, 0.25) is 0 Å². The van der Waals surface area contributed by atoms with Crippen molar-refractivity contribution in [2.75, 3.05) is 9.80 Å². The molecule has 0 fully saturated rings. The van der Waals surface area contributed by atoms with Crippen LogP contribution in [0.2, 0.25) is 0 Å². The molecule has 0 saturated carbocycles. The summed E-state index contributed by atoms with van der Waals surface area (Å²) in [5.74, 6) is 0. The Hall–Kier alpha value is -10.0. The van der Waals surface area contributed by atoms with Crippen LogP contribution in [0.25, 0.3) is 78.6 Å². The second kappa shape index (κ2) is 19.3. The Morgan fingerprint density at radius 3 is 0.905 bits per heavy atom. The van der Waals surface area contributed by atoms with Gasteiger partial charge in [0.15, 0.2) is 0 Å². The van der Waals surface area contributed by atoms with E-state index in [2.05, 4.69) is 298 Å². The molecule has 0 amide bonds. The van der Waals surface area contributed by atoms with Crippen LogP contribution in [0.3, 0.4) is 0 Å². The molecular weight excluding hydrogens is 901 g/mol. The van der Waals surface area contributed by atoms with Gasteiger partial charge in [-0.2, -0.15) is 0 Å². The van der Waals surface area contributed by atoms with Gasteiger partial charge in [-0.05, 0) is 119 Å². The van der Waals surface area contributed by atoms with Crippen LogP contribution in [0.15, 0.2) is 291 Å². The van der Waals surface area contributed by atoms with Crippen LogP contribution < -0.4 is 9.80 Å². The fourth-order valence-electron chi connectivity index (χ4n) is 10.2. The lowest BCUT2D eigenvalue weighted by molar-refractivity contribution is 1.19. The Kier molecular flexibility index (Phi) is 11.4. The molecule has 6 nitrogen and oxygen atoms in total. The Morgan fingerprint density at radius 2 is 0.527 bits per heavy atom. The number of hydrogen-bond donors (Lipinski definition) is 0. The SMILES string of the molecule is c1ccc(-c2c(-c3cccc(N(c4ccccc4)c4ccc(-c5ccc(-c6ccc(N(c7ccccc7)c7cccc(-c8nc9ccccn9c8-c8ccccc8)c7)cc6)cc5)cc4)c3)nc3ccccn23)cc1. The number of aromatic nitrogens is 4. The molecule has 0 atom stereocenters. The largest absolute Gasteiger partial charge is 0.310 e. The third kappa shape index (κ3) is 8.36. The first-order valence-corrected chi connectivity index (χ1v) is 25.0. The Morgan fingerprint density at radius 1 is 0.230 bits per heavy atom. The summed E-state index contributed by atoms with van der Waals surface area (Å²) in [7, 11) is 0. The summed E-state index contributed by atoms with van der Waals surface area (Å²) in [5, 5.41) is 0. The smallest absolute Gasteiger partial charge is 0.137 e. The molecule has 0 aliphatic rings. The molecule has 0 radical (unpaired) electrons. The molecule has 4 aromatic heterocycles. The summed E-state index contributed by atoms with van der Waals surface area (Å²) in [6.45, 7) is 0. The van der Waals surface area contributed by atoms with Crippen LogP contribution in [0.5, 0.6) is 0 Å². The number of fused-ring (bicyclic) bond motifs is 2. The predicted molar refractivity (Wildman–Crippen MR) is 306 cm³/mol. The number of nitrogens with zero attached hydrogens (tertiary/aromatic N) is 6.